The fraction of sp³-hybridized carbons (Fsp3) is 0.258. The van der Waals surface area contributed by atoms with Crippen molar-refractivity contribution in [2.45, 2.75) is 6.92 Å². The van der Waals surface area contributed by atoms with Crippen LogP contribution in [0.15, 0.2) is 55.1 Å². The number of hydrogen-bond acceptors (Lipinski definition) is 9. The maximum absolute atomic E-state index is 15.0. The minimum Gasteiger partial charge on any atom is -0.494 e. The van der Waals surface area contributed by atoms with Crippen molar-refractivity contribution >= 4 is 56.1 Å². The summed E-state index contributed by atoms with van der Waals surface area (Å²) in [4.78, 5) is 34.9. The van der Waals surface area contributed by atoms with Crippen LogP contribution in [0.2, 0.25) is 0 Å². The number of carbonyl (C=O) groups excluding carboxylic acids is 2. The number of ketones is 1. The molecule has 0 radical (unpaired) electrons. The molecule has 0 atom stereocenters. The lowest BCUT2D eigenvalue weighted by atomic mass is 10.1. The number of amides is 1. The Bertz CT molecular complexity index is 1670. The molecule has 43 heavy (non-hydrogen) atoms. The Kier molecular flexibility index (Phi) is 8.88. The molecular weight excluding hydrogens is 576 g/mol. The largest absolute Gasteiger partial charge is 0.494 e. The van der Waals surface area contributed by atoms with Crippen LogP contribution in [0.1, 0.15) is 22.2 Å². The third-order valence-electron chi connectivity index (χ3n) is 7.29. The summed E-state index contributed by atoms with van der Waals surface area (Å²) < 4.78 is 40.5. The third kappa shape index (κ3) is 6.15. The second-order valence-electron chi connectivity index (χ2n) is 9.77. The molecule has 2 aromatic carbocycles. The first kappa shape index (κ1) is 29.9. The second kappa shape index (κ2) is 12.8. The highest BCUT2D eigenvalue weighted by molar-refractivity contribution is 7.20. The number of thiophene rings is 1. The van der Waals surface area contributed by atoms with Crippen molar-refractivity contribution < 1.29 is 27.8 Å². The molecule has 0 bridgehead atoms. The van der Waals surface area contributed by atoms with Crippen LogP contribution < -0.4 is 25.0 Å². The number of rotatable bonds is 10. The Morgan fingerprint density at radius 1 is 1.00 bits per heavy atom. The third-order valence-corrected chi connectivity index (χ3v) is 8.38. The molecule has 0 aliphatic carbocycles. The van der Waals surface area contributed by atoms with Crippen LogP contribution in [0.3, 0.4) is 0 Å². The summed E-state index contributed by atoms with van der Waals surface area (Å²) in [7, 11) is 2.44. The summed E-state index contributed by atoms with van der Waals surface area (Å²) in [5, 5.41) is 6.10. The zero-order valence-corrected chi connectivity index (χ0v) is 24.8. The SMILES string of the molecule is C=CC(=O)Nc1cc(N2CCN(CC)CC2)ccc1Nc1ccc2sc(C(=O)c3c(F)c(OC)cc(OC)c3F)cc2n1. The minimum atomic E-state index is -1.11. The molecule has 0 saturated carbocycles. The summed E-state index contributed by atoms with van der Waals surface area (Å²) in [5.74, 6) is -3.58. The molecule has 1 fully saturated rings. The van der Waals surface area contributed by atoms with Crippen molar-refractivity contribution in [2.75, 3.05) is 62.5 Å². The number of methoxy groups -OCH3 is 2. The van der Waals surface area contributed by atoms with Crippen LogP contribution in [0.4, 0.5) is 31.7 Å². The number of benzene rings is 2. The van der Waals surface area contributed by atoms with E-state index in [4.69, 9.17) is 9.47 Å². The fourth-order valence-electron chi connectivity index (χ4n) is 4.90. The molecule has 5 rings (SSSR count). The average molecular weight is 608 g/mol. The molecule has 12 heteroatoms. The first-order valence-corrected chi connectivity index (χ1v) is 14.4. The van der Waals surface area contributed by atoms with E-state index in [1.54, 1.807) is 12.1 Å². The van der Waals surface area contributed by atoms with Crippen LogP contribution in [0, 0.1) is 11.6 Å². The van der Waals surface area contributed by atoms with Gasteiger partial charge in [0.05, 0.1) is 40.7 Å². The van der Waals surface area contributed by atoms with Crippen molar-refractivity contribution in [2.24, 2.45) is 0 Å². The maximum Gasteiger partial charge on any atom is 0.247 e. The Morgan fingerprint density at radius 3 is 2.33 bits per heavy atom. The number of anilines is 4. The van der Waals surface area contributed by atoms with Crippen LogP contribution >= 0.6 is 11.3 Å². The number of piperazine rings is 1. The van der Waals surface area contributed by atoms with E-state index in [0.29, 0.717) is 27.4 Å². The van der Waals surface area contributed by atoms with Gasteiger partial charge < -0.3 is 29.9 Å². The molecule has 1 saturated heterocycles. The van der Waals surface area contributed by atoms with Gasteiger partial charge in [0.25, 0.3) is 0 Å². The standard InChI is InChI=1S/C31H31F2N5O4S/c1-5-27(39)36-20-15-18(38-13-11-37(6-2)12-14-38)7-8-19(20)34-26-10-9-24-21(35-26)16-25(43-24)31(40)28-29(32)22(41-3)17-23(42-4)30(28)33/h5,7-10,15-17H,1,6,11-14H2,2-4H3,(H,34,35)(H,36,39). The topological polar surface area (TPSA) is 96.0 Å². The van der Waals surface area contributed by atoms with Crippen molar-refractivity contribution in [3.05, 3.63) is 77.2 Å². The minimum absolute atomic E-state index is 0.0965. The van der Waals surface area contributed by atoms with Crippen molar-refractivity contribution in [1.29, 1.82) is 0 Å². The summed E-state index contributed by atoms with van der Waals surface area (Å²) in [6.45, 7) is 10.4. The number of pyridine rings is 1. The van der Waals surface area contributed by atoms with E-state index in [9.17, 15) is 18.4 Å². The average Bonchev–Trinajstić information content (AvgIpc) is 3.45. The summed E-state index contributed by atoms with van der Waals surface area (Å²) in [5.41, 5.74) is 1.84. The molecule has 9 nitrogen and oxygen atoms in total. The molecular formula is C31H31F2N5O4S. The highest BCUT2D eigenvalue weighted by atomic mass is 32.1. The van der Waals surface area contributed by atoms with Gasteiger partial charge in [0.1, 0.15) is 11.4 Å². The molecule has 1 amide bonds. The number of hydrogen-bond donors (Lipinski definition) is 2. The lowest BCUT2D eigenvalue weighted by molar-refractivity contribution is -0.111. The summed E-state index contributed by atoms with van der Waals surface area (Å²) in [6.07, 6.45) is 1.20. The number of ether oxygens (including phenoxy) is 2. The first-order valence-electron chi connectivity index (χ1n) is 13.6. The number of nitrogens with zero attached hydrogens (tertiary/aromatic N) is 3. The highest BCUT2D eigenvalue weighted by Crippen LogP contribution is 2.36. The highest BCUT2D eigenvalue weighted by Gasteiger charge is 2.28. The lowest BCUT2D eigenvalue weighted by Crippen LogP contribution is -2.46. The number of likely N-dealkylation sites (N-methyl/N-ethyl adjacent to an activating group) is 1. The smallest absolute Gasteiger partial charge is 0.247 e. The van der Waals surface area contributed by atoms with Crippen LogP contribution in [0.5, 0.6) is 11.5 Å². The number of aromatic nitrogens is 1. The number of nitrogens with one attached hydrogen (secondary N) is 2. The zero-order valence-electron chi connectivity index (χ0n) is 24.0. The van der Waals surface area contributed by atoms with E-state index < -0.39 is 23.0 Å². The molecule has 1 aliphatic rings. The fourth-order valence-corrected chi connectivity index (χ4v) is 5.85. The van der Waals surface area contributed by atoms with Crippen molar-refractivity contribution in [1.82, 2.24) is 9.88 Å². The Hall–Kier alpha value is -4.55. The van der Waals surface area contributed by atoms with Gasteiger partial charge in [0.2, 0.25) is 11.7 Å². The zero-order chi connectivity index (χ0) is 30.7. The van der Waals surface area contributed by atoms with E-state index in [-0.39, 0.29) is 22.3 Å². The van der Waals surface area contributed by atoms with Gasteiger partial charge in [-0.05, 0) is 49.0 Å². The Morgan fingerprint density at radius 2 is 1.70 bits per heavy atom. The predicted octanol–water partition coefficient (Wildman–Crippen LogP) is 5.83. The molecule has 0 spiro atoms. The van der Waals surface area contributed by atoms with Gasteiger partial charge in [0.15, 0.2) is 23.1 Å². The quantitative estimate of drug-likeness (QED) is 0.172. The molecule has 2 N–H and O–H groups in total. The van der Waals surface area contributed by atoms with Crippen LogP contribution in [-0.4, -0.2) is 68.5 Å². The molecule has 224 valence electrons. The van der Waals surface area contributed by atoms with Gasteiger partial charge in [-0.15, -0.1) is 11.3 Å². The maximum atomic E-state index is 15.0. The van der Waals surface area contributed by atoms with Gasteiger partial charge in [-0.1, -0.05) is 13.5 Å². The van der Waals surface area contributed by atoms with Crippen molar-refractivity contribution in [3.63, 3.8) is 0 Å². The normalized spacial score (nSPS) is 13.6. The molecule has 4 aromatic rings. The number of halogens is 2. The second-order valence-corrected chi connectivity index (χ2v) is 10.9. The van der Waals surface area contributed by atoms with Gasteiger partial charge >= 0.3 is 0 Å². The summed E-state index contributed by atoms with van der Waals surface area (Å²) in [6, 6.07) is 11.8. The summed E-state index contributed by atoms with van der Waals surface area (Å²) >= 11 is 1.06. The monoisotopic (exact) mass is 607 g/mol. The van der Waals surface area contributed by atoms with E-state index in [0.717, 1.165) is 55.8 Å². The van der Waals surface area contributed by atoms with Gasteiger partial charge in [0, 0.05) is 37.9 Å². The van der Waals surface area contributed by atoms with E-state index >= 15 is 0 Å². The molecule has 3 heterocycles. The van der Waals surface area contributed by atoms with Crippen molar-refractivity contribution in [3.8, 4) is 11.5 Å². The van der Waals surface area contributed by atoms with Gasteiger partial charge in [-0.25, -0.2) is 13.8 Å². The van der Waals surface area contributed by atoms with Crippen LogP contribution in [-0.2, 0) is 4.79 Å². The number of carbonyl (C=O) groups is 2. The molecule has 1 aliphatic heterocycles. The van der Waals surface area contributed by atoms with E-state index in [1.165, 1.54) is 26.4 Å². The van der Waals surface area contributed by atoms with E-state index in [1.807, 2.05) is 18.2 Å². The Balaban J connectivity index is 1.43. The molecule has 2 aromatic heterocycles. The first-order chi connectivity index (χ1) is 20.8. The Labute approximate surface area is 251 Å². The lowest BCUT2D eigenvalue weighted by Gasteiger charge is -2.35. The van der Waals surface area contributed by atoms with Gasteiger partial charge in [-0.2, -0.15) is 0 Å². The molecule has 0 unspecified atom stereocenters. The van der Waals surface area contributed by atoms with Gasteiger partial charge in [-0.3, -0.25) is 9.59 Å². The van der Waals surface area contributed by atoms with E-state index in [2.05, 4.69) is 38.9 Å². The number of fused-ring (bicyclic) bond motifs is 1. The van der Waals surface area contributed by atoms with Crippen LogP contribution in [0.25, 0.3) is 10.2 Å². The predicted molar refractivity (Wildman–Crippen MR) is 165 cm³/mol.